The number of nitrogens with zero attached hydrogens (tertiary/aromatic N) is 4. The number of hydrogen-bond acceptors (Lipinski definition) is 4. The van der Waals surface area contributed by atoms with E-state index in [9.17, 15) is 5.26 Å². The number of rotatable bonds is 4. The Balaban J connectivity index is 1.27. The lowest BCUT2D eigenvalue weighted by Gasteiger charge is -2.50. The van der Waals surface area contributed by atoms with Gasteiger partial charge >= 0.3 is 0 Å². The van der Waals surface area contributed by atoms with Gasteiger partial charge in [-0.15, -0.1) is 0 Å². The van der Waals surface area contributed by atoms with Crippen LogP contribution in [-0.2, 0) is 10.8 Å². The summed E-state index contributed by atoms with van der Waals surface area (Å²) in [7, 11) is 0. The largest absolute Gasteiger partial charge is 0.208 e. The quantitative estimate of drug-likeness (QED) is 0.206. The van der Waals surface area contributed by atoms with Gasteiger partial charge in [-0.05, 0) is 89.2 Å². The zero-order valence-corrected chi connectivity index (χ0v) is 27.2. The van der Waals surface area contributed by atoms with Crippen LogP contribution in [0.15, 0.2) is 91.0 Å². The Kier molecular flexibility index (Phi) is 6.73. The zero-order chi connectivity index (χ0) is 31.6. The van der Waals surface area contributed by atoms with Gasteiger partial charge in [0.2, 0.25) is 0 Å². The van der Waals surface area contributed by atoms with E-state index < -0.39 is 0 Å². The molecule has 1 unspecified atom stereocenters. The Morgan fingerprint density at radius 2 is 1.26 bits per heavy atom. The summed E-state index contributed by atoms with van der Waals surface area (Å²) in [6, 6.07) is 34.2. The van der Waals surface area contributed by atoms with Gasteiger partial charge in [-0.1, -0.05) is 113 Å². The molecule has 4 atom stereocenters. The van der Waals surface area contributed by atoms with Crippen LogP contribution in [0.3, 0.4) is 0 Å². The molecular weight excluding hydrogens is 560 g/mol. The van der Waals surface area contributed by atoms with Gasteiger partial charge in [0, 0.05) is 22.1 Å². The van der Waals surface area contributed by atoms with Crippen molar-refractivity contribution in [3.8, 4) is 51.4 Å². The Morgan fingerprint density at radius 1 is 0.652 bits per heavy atom. The van der Waals surface area contributed by atoms with E-state index in [-0.39, 0.29) is 10.8 Å². The van der Waals surface area contributed by atoms with Gasteiger partial charge in [0.15, 0.2) is 17.5 Å². The molecule has 4 nitrogen and oxygen atoms in total. The molecule has 0 saturated heterocycles. The fourth-order valence-corrected chi connectivity index (χ4v) is 9.58. The molecule has 3 aliphatic rings. The van der Waals surface area contributed by atoms with Crippen LogP contribution in [0.1, 0.15) is 82.1 Å². The molecule has 4 heteroatoms. The van der Waals surface area contributed by atoms with Crippen molar-refractivity contribution in [2.24, 2.45) is 17.8 Å². The van der Waals surface area contributed by atoms with E-state index in [4.69, 9.17) is 15.0 Å². The molecular formula is C42H40N4. The lowest BCUT2D eigenvalue weighted by atomic mass is 9.54. The normalized spacial score (nSPS) is 24.1. The van der Waals surface area contributed by atoms with E-state index >= 15 is 0 Å². The minimum absolute atomic E-state index is 0.283. The first-order chi connectivity index (χ1) is 22.3. The van der Waals surface area contributed by atoms with Crippen LogP contribution in [0, 0.1) is 29.1 Å². The van der Waals surface area contributed by atoms with E-state index in [0.717, 1.165) is 56.7 Å². The predicted octanol–water partition coefficient (Wildman–Crippen LogP) is 10.2. The molecule has 0 N–H and O–H groups in total. The van der Waals surface area contributed by atoms with E-state index in [1.54, 1.807) is 0 Å². The molecule has 0 radical (unpaired) electrons. The van der Waals surface area contributed by atoms with Crippen LogP contribution in [-0.4, -0.2) is 15.0 Å². The first-order valence-electron chi connectivity index (χ1n) is 16.9. The molecule has 46 heavy (non-hydrogen) atoms. The number of fused-ring (bicyclic) bond motifs is 5. The smallest absolute Gasteiger partial charge is 0.164 e. The highest BCUT2D eigenvalue weighted by Gasteiger charge is 2.45. The highest BCUT2D eigenvalue weighted by atomic mass is 15.0. The summed E-state index contributed by atoms with van der Waals surface area (Å²) in [5.74, 6) is 4.39. The number of benzene rings is 4. The molecule has 0 aliphatic heterocycles. The summed E-state index contributed by atoms with van der Waals surface area (Å²) in [4.78, 5) is 15.3. The van der Waals surface area contributed by atoms with Gasteiger partial charge in [-0.3, -0.25) is 0 Å². The molecule has 5 aromatic rings. The fourth-order valence-electron chi connectivity index (χ4n) is 9.58. The third-order valence-corrected chi connectivity index (χ3v) is 11.1. The van der Waals surface area contributed by atoms with E-state index in [2.05, 4.69) is 94.4 Å². The van der Waals surface area contributed by atoms with Crippen molar-refractivity contribution in [1.29, 1.82) is 5.26 Å². The van der Waals surface area contributed by atoms with Crippen molar-refractivity contribution in [3.63, 3.8) is 0 Å². The molecule has 0 spiro atoms. The van der Waals surface area contributed by atoms with Crippen LogP contribution in [0.5, 0.6) is 0 Å². The average molecular weight is 601 g/mol. The first-order valence-corrected chi connectivity index (χ1v) is 16.9. The third-order valence-electron chi connectivity index (χ3n) is 11.1. The summed E-state index contributed by atoms with van der Waals surface area (Å²) in [6.45, 7) is 9.31. The van der Waals surface area contributed by atoms with Crippen LogP contribution < -0.4 is 0 Å². The number of aromatic nitrogens is 3. The Bertz CT molecular complexity index is 1980. The second kappa shape index (κ2) is 10.7. The molecule has 1 heterocycles. The Labute approximate surface area is 272 Å². The van der Waals surface area contributed by atoms with Crippen LogP contribution >= 0.6 is 0 Å². The van der Waals surface area contributed by atoms with E-state index in [1.807, 2.05) is 30.3 Å². The summed E-state index contributed by atoms with van der Waals surface area (Å²) in [5, 5.41) is 10.0. The lowest BCUT2D eigenvalue weighted by molar-refractivity contribution is 0.0780. The standard InChI is InChI=1S/C42H40N4/c1-26-20-28-21-27(2)23-42(22-26,24-28)32-18-16-30(17-19-32)39-44-38(29-10-6-5-7-11-29)45-40(46-39)34-14-9-15-35-36(34)33-13-8-12-31(25-43)37(33)41(35,3)4/h5-19,26-28H,20-24H2,1-4H3/t26-,27+,28-,42?. The molecule has 2 bridgehead atoms. The molecule has 4 aromatic carbocycles. The van der Waals surface area contributed by atoms with Crippen molar-refractivity contribution < 1.29 is 0 Å². The van der Waals surface area contributed by atoms with Crippen molar-refractivity contribution in [2.45, 2.75) is 70.6 Å². The number of nitriles is 1. The molecule has 2 saturated carbocycles. The van der Waals surface area contributed by atoms with Gasteiger partial charge in [-0.25, -0.2) is 15.0 Å². The van der Waals surface area contributed by atoms with Crippen LogP contribution in [0.4, 0.5) is 0 Å². The SMILES string of the molecule is C[C@@H]1C[C@@H]2C[C@H](C)CC(c3ccc(-c4nc(-c5ccccc5)nc(-c5cccc6c5-c5cccc(C#N)c5C6(C)C)n4)cc3)(C1)C2. The maximum absolute atomic E-state index is 10.0. The van der Waals surface area contributed by atoms with Crippen molar-refractivity contribution >= 4 is 0 Å². The van der Waals surface area contributed by atoms with Gasteiger partial charge in [0.1, 0.15) is 0 Å². The van der Waals surface area contributed by atoms with Crippen molar-refractivity contribution in [1.82, 2.24) is 15.0 Å². The van der Waals surface area contributed by atoms with Crippen molar-refractivity contribution in [2.75, 3.05) is 0 Å². The Morgan fingerprint density at radius 3 is 1.93 bits per heavy atom. The maximum Gasteiger partial charge on any atom is 0.164 e. The summed E-state index contributed by atoms with van der Waals surface area (Å²) < 4.78 is 0. The average Bonchev–Trinajstić information content (AvgIpc) is 3.31. The topological polar surface area (TPSA) is 62.5 Å². The maximum atomic E-state index is 10.0. The second-order valence-electron chi connectivity index (χ2n) is 14.9. The highest BCUT2D eigenvalue weighted by molar-refractivity contribution is 5.92. The monoisotopic (exact) mass is 600 g/mol. The second-order valence-corrected chi connectivity index (χ2v) is 14.9. The van der Waals surface area contributed by atoms with Crippen LogP contribution in [0.25, 0.3) is 45.3 Å². The minimum Gasteiger partial charge on any atom is -0.208 e. The summed E-state index contributed by atoms with van der Waals surface area (Å²) >= 11 is 0. The molecule has 3 aliphatic carbocycles. The van der Waals surface area contributed by atoms with E-state index in [0.29, 0.717) is 17.5 Å². The first kappa shape index (κ1) is 28.8. The molecule has 1 aromatic heterocycles. The fraction of sp³-hybridized carbons (Fsp3) is 0.333. The zero-order valence-electron chi connectivity index (χ0n) is 27.2. The summed E-state index contributed by atoms with van der Waals surface area (Å²) in [6.07, 6.45) is 6.64. The van der Waals surface area contributed by atoms with E-state index in [1.165, 1.54) is 43.2 Å². The van der Waals surface area contributed by atoms with Crippen LogP contribution in [0.2, 0.25) is 0 Å². The van der Waals surface area contributed by atoms with Gasteiger partial charge < -0.3 is 0 Å². The summed E-state index contributed by atoms with van der Waals surface area (Å²) in [5.41, 5.74) is 9.56. The molecule has 8 rings (SSSR count). The minimum atomic E-state index is -0.313. The third kappa shape index (κ3) is 4.59. The number of hydrogen-bond donors (Lipinski definition) is 0. The van der Waals surface area contributed by atoms with Gasteiger partial charge in [-0.2, -0.15) is 5.26 Å². The van der Waals surface area contributed by atoms with Crippen molar-refractivity contribution in [3.05, 3.63) is 113 Å². The van der Waals surface area contributed by atoms with Gasteiger partial charge in [0.05, 0.1) is 11.6 Å². The highest BCUT2D eigenvalue weighted by Crippen LogP contribution is 2.55. The molecule has 0 amide bonds. The Hall–Kier alpha value is -4.62. The van der Waals surface area contributed by atoms with Gasteiger partial charge in [0.25, 0.3) is 0 Å². The lowest BCUT2D eigenvalue weighted by Crippen LogP contribution is -2.42. The molecule has 2 fully saturated rings. The predicted molar refractivity (Wildman–Crippen MR) is 185 cm³/mol. The molecule has 228 valence electrons.